The second-order valence-corrected chi connectivity index (χ2v) is 7.33. The van der Waals surface area contributed by atoms with Crippen LogP contribution in [0.4, 0.5) is 0 Å². The summed E-state index contributed by atoms with van der Waals surface area (Å²) in [6.45, 7) is 6.93. The van der Waals surface area contributed by atoms with E-state index in [9.17, 15) is 9.90 Å². The van der Waals surface area contributed by atoms with Crippen LogP contribution >= 0.6 is 0 Å². The molecule has 0 aliphatic carbocycles. The standard InChI is InChI=1S/C21H25NO3/c1-15-5-4-6-19(13-15)25-18-9-7-16(8-10-18)20(23)22-12-11-17(14-22)21(2,3)24/h4-10,13,17,24H,11-12,14H2,1-3H3. The van der Waals surface area contributed by atoms with E-state index in [1.807, 2.05) is 62.1 Å². The molecule has 1 N–H and O–H groups in total. The molecule has 3 rings (SSSR count). The molecule has 1 atom stereocenters. The van der Waals surface area contributed by atoms with Crippen molar-refractivity contribution in [1.82, 2.24) is 4.90 Å². The fourth-order valence-corrected chi connectivity index (χ4v) is 3.18. The highest BCUT2D eigenvalue weighted by molar-refractivity contribution is 5.94. The molecular formula is C21H25NO3. The van der Waals surface area contributed by atoms with Crippen LogP contribution in [-0.4, -0.2) is 34.6 Å². The Morgan fingerprint density at radius 2 is 1.88 bits per heavy atom. The van der Waals surface area contributed by atoms with Gasteiger partial charge in [-0.3, -0.25) is 4.79 Å². The molecule has 0 saturated carbocycles. The Morgan fingerprint density at radius 3 is 2.48 bits per heavy atom. The molecule has 1 heterocycles. The maximum atomic E-state index is 12.6. The maximum absolute atomic E-state index is 12.6. The van der Waals surface area contributed by atoms with Gasteiger partial charge in [-0.1, -0.05) is 12.1 Å². The van der Waals surface area contributed by atoms with Gasteiger partial charge in [0.1, 0.15) is 11.5 Å². The Kier molecular flexibility index (Phi) is 4.82. The highest BCUT2D eigenvalue weighted by Crippen LogP contribution is 2.28. The Bertz CT molecular complexity index is 746. The molecule has 4 heteroatoms. The van der Waals surface area contributed by atoms with Crippen LogP contribution < -0.4 is 4.74 Å². The van der Waals surface area contributed by atoms with Crippen LogP contribution in [0.1, 0.15) is 36.2 Å². The number of hydrogen-bond donors (Lipinski definition) is 1. The van der Waals surface area contributed by atoms with Gasteiger partial charge in [0.05, 0.1) is 5.60 Å². The molecular weight excluding hydrogens is 314 g/mol. The summed E-state index contributed by atoms with van der Waals surface area (Å²) >= 11 is 0. The van der Waals surface area contributed by atoms with Crippen LogP contribution in [0.5, 0.6) is 11.5 Å². The zero-order chi connectivity index (χ0) is 18.0. The molecule has 132 valence electrons. The van der Waals surface area contributed by atoms with Crippen molar-refractivity contribution >= 4 is 5.91 Å². The average Bonchev–Trinajstić information content (AvgIpc) is 3.05. The van der Waals surface area contributed by atoms with Crippen molar-refractivity contribution in [3.8, 4) is 11.5 Å². The molecule has 0 spiro atoms. The summed E-state index contributed by atoms with van der Waals surface area (Å²) in [5.74, 6) is 1.62. The number of ether oxygens (including phenoxy) is 1. The molecule has 2 aromatic carbocycles. The van der Waals surface area contributed by atoms with Gasteiger partial charge in [-0.15, -0.1) is 0 Å². The van der Waals surface area contributed by atoms with Crippen LogP contribution in [0, 0.1) is 12.8 Å². The second-order valence-electron chi connectivity index (χ2n) is 7.33. The fourth-order valence-electron chi connectivity index (χ4n) is 3.18. The van der Waals surface area contributed by atoms with E-state index in [4.69, 9.17) is 4.74 Å². The number of hydrogen-bond acceptors (Lipinski definition) is 3. The lowest BCUT2D eigenvalue weighted by molar-refractivity contribution is 0.0211. The van der Waals surface area contributed by atoms with Crippen LogP contribution in [0.3, 0.4) is 0 Å². The number of benzene rings is 2. The zero-order valence-electron chi connectivity index (χ0n) is 15.0. The molecule has 1 aliphatic heterocycles. The summed E-state index contributed by atoms with van der Waals surface area (Å²) in [5.41, 5.74) is 1.04. The molecule has 25 heavy (non-hydrogen) atoms. The summed E-state index contributed by atoms with van der Waals surface area (Å²) in [7, 11) is 0. The smallest absolute Gasteiger partial charge is 0.253 e. The average molecular weight is 339 g/mol. The minimum atomic E-state index is -0.749. The van der Waals surface area contributed by atoms with Crippen LogP contribution in [0.25, 0.3) is 0 Å². The van der Waals surface area contributed by atoms with Crippen molar-refractivity contribution in [2.24, 2.45) is 5.92 Å². The van der Waals surface area contributed by atoms with Gasteiger partial charge in [0, 0.05) is 24.6 Å². The van der Waals surface area contributed by atoms with Gasteiger partial charge in [0.2, 0.25) is 0 Å². The van der Waals surface area contributed by atoms with Crippen molar-refractivity contribution < 1.29 is 14.6 Å². The number of likely N-dealkylation sites (tertiary alicyclic amines) is 1. The number of aliphatic hydroxyl groups is 1. The topological polar surface area (TPSA) is 49.8 Å². The number of nitrogens with zero attached hydrogens (tertiary/aromatic N) is 1. The molecule has 1 aliphatic rings. The van der Waals surface area contributed by atoms with E-state index in [0.29, 0.717) is 24.4 Å². The lowest BCUT2D eigenvalue weighted by Gasteiger charge is -2.25. The largest absolute Gasteiger partial charge is 0.457 e. The Morgan fingerprint density at radius 1 is 1.16 bits per heavy atom. The van der Waals surface area contributed by atoms with Crippen molar-refractivity contribution in [3.05, 3.63) is 59.7 Å². The Balaban J connectivity index is 1.65. The predicted octanol–water partition coefficient (Wildman–Crippen LogP) is 4.02. The number of amides is 1. The number of aryl methyl sites for hydroxylation is 1. The van der Waals surface area contributed by atoms with Crippen molar-refractivity contribution in [2.75, 3.05) is 13.1 Å². The van der Waals surface area contributed by atoms with Gasteiger partial charge >= 0.3 is 0 Å². The third-order valence-electron chi connectivity index (χ3n) is 4.80. The summed E-state index contributed by atoms with van der Waals surface area (Å²) in [4.78, 5) is 14.5. The first-order valence-corrected chi connectivity index (χ1v) is 8.69. The van der Waals surface area contributed by atoms with E-state index in [1.54, 1.807) is 12.1 Å². The molecule has 4 nitrogen and oxygen atoms in total. The van der Waals surface area contributed by atoms with E-state index in [-0.39, 0.29) is 11.8 Å². The van der Waals surface area contributed by atoms with E-state index in [0.717, 1.165) is 17.7 Å². The first-order valence-electron chi connectivity index (χ1n) is 8.69. The fraction of sp³-hybridized carbons (Fsp3) is 0.381. The SMILES string of the molecule is Cc1cccc(Oc2ccc(C(=O)N3CCC(C(C)(C)O)C3)cc2)c1. The molecule has 0 bridgehead atoms. The lowest BCUT2D eigenvalue weighted by Crippen LogP contribution is -2.35. The lowest BCUT2D eigenvalue weighted by atomic mass is 9.90. The summed E-state index contributed by atoms with van der Waals surface area (Å²) < 4.78 is 5.82. The monoisotopic (exact) mass is 339 g/mol. The van der Waals surface area contributed by atoms with E-state index in [1.165, 1.54) is 0 Å². The summed E-state index contributed by atoms with van der Waals surface area (Å²) in [6.07, 6.45) is 0.837. The normalized spacial score (nSPS) is 17.6. The Labute approximate surface area is 149 Å². The highest BCUT2D eigenvalue weighted by Gasteiger charge is 2.35. The minimum absolute atomic E-state index is 0.00820. The van der Waals surface area contributed by atoms with Gasteiger partial charge in [-0.25, -0.2) is 0 Å². The molecule has 1 amide bonds. The molecule has 1 fully saturated rings. The van der Waals surface area contributed by atoms with E-state index >= 15 is 0 Å². The molecule has 0 radical (unpaired) electrons. The van der Waals surface area contributed by atoms with E-state index < -0.39 is 5.60 Å². The van der Waals surface area contributed by atoms with Crippen molar-refractivity contribution in [3.63, 3.8) is 0 Å². The quantitative estimate of drug-likeness (QED) is 0.915. The molecule has 2 aromatic rings. The van der Waals surface area contributed by atoms with E-state index in [2.05, 4.69) is 0 Å². The van der Waals surface area contributed by atoms with Gasteiger partial charge in [0.15, 0.2) is 0 Å². The van der Waals surface area contributed by atoms with Gasteiger partial charge in [0.25, 0.3) is 5.91 Å². The highest BCUT2D eigenvalue weighted by atomic mass is 16.5. The number of carbonyl (C=O) groups excluding carboxylic acids is 1. The zero-order valence-corrected chi connectivity index (χ0v) is 15.0. The second kappa shape index (κ2) is 6.89. The van der Waals surface area contributed by atoms with Crippen LogP contribution in [0.2, 0.25) is 0 Å². The predicted molar refractivity (Wildman–Crippen MR) is 98.0 cm³/mol. The third kappa shape index (κ3) is 4.20. The first-order chi connectivity index (χ1) is 11.8. The Hall–Kier alpha value is -2.33. The van der Waals surface area contributed by atoms with Gasteiger partial charge in [-0.2, -0.15) is 0 Å². The van der Waals surface area contributed by atoms with Crippen LogP contribution in [0.15, 0.2) is 48.5 Å². The van der Waals surface area contributed by atoms with Crippen molar-refractivity contribution in [1.29, 1.82) is 0 Å². The maximum Gasteiger partial charge on any atom is 0.253 e. The summed E-state index contributed by atoms with van der Waals surface area (Å²) in [5, 5.41) is 10.1. The molecule has 0 aromatic heterocycles. The minimum Gasteiger partial charge on any atom is -0.457 e. The molecule has 1 unspecified atom stereocenters. The van der Waals surface area contributed by atoms with Gasteiger partial charge < -0.3 is 14.7 Å². The van der Waals surface area contributed by atoms with Crippen LogP contribution in [-0.2, 0) is 0 Å². The first kappa shape index (κ1) is 17.5. The molecule has 1 saturated heterocycles. The third-order valence-corrected chi connectivity index (χ3v) is 4.80. The number of rotatable bonds is 4. The summed E-state index contributed by atoms with van der Waals surface area (Å²) in [6, 6.07) is 15.1. The number of carbonyl (C=O) groups is 1. The van der Waals surface area contributed by atoms with Crippen molar-refractivity contribution in [2.45, 2.75) is 32.8 Å². The van der Waals surface area contributed by atoms with Gasteiger partial charge in [-0.05, 0) is 69.2 Å².